The first-order valence-corrected chi connectivity index (χ1v) is 6.71. The highest BCUT2D eigenvalue weighted by atomic mass is 79.9. The zero-order chi connectivity index (χ0) is 12.1. The molecule has 4 heteroatoms. The third kappa shape index (κ3) is 3.49. The summed E-state index contributed by atoms with van der Waals surface area (Å²) in [6, 6.07) is 5.58. The summed E-state index contributed by atoms with van der Waals surface area (Å²) in [6.07, 6.45) is 0.889. The van der Waals surface area contributed by atoms with Gasteiger partial charge in [-0.25, -0.2) is 0 Å². The Bertz CT molecular complexity index is 377. The van der Waals surface area contributed by atoms with Gasteiger partial charge in [-0.15, -0.1) is 0 Å². The molecule has 1 amide bonds. The van der Waals surface area contributed by atoms with Crippen LogP contribution in [0.4, 0.5) is 0 Å². The van der Waals surface area contributed by atoms with Gasteiger partial charge < -0.3 is 5.32 Å². The van der Waals surface area contributed by atoms with Crippen molar-refractivity contribution in [3.8, 4) is 0 Å². The molecule has 0 aromatic heterocycles. The second kappa shape index (κ2) is 6.26. The minimum absolute atomic E-state index is 0.115. The van der Waals surface area contributed by atoms with E-state index in [1.807, 2.05) is 19.9 Å². The second-order valence-electron chi connectivity index (χ2n) is 3.72. The van der Waals surface area contributed by atoms with Crippen molar-refractivity contribution in [2.45, 2.75) is 26.3 Å². The van der Waals surface area contributed by atoms with E-state index >= 15 is 0 Å². The maximum Gasteiger partial charge on any atom is 0.253 e. The summed E-state index contributed by atoms with van der Waals surface area (Å²) in [6.45, 7) is 3.98. The summed E-state index contributed by atoms with van der Waals surface area (Å²) >= 11 is 9.38. The van der Waals surface area contributed by atoms with Crippen molar-refractivity contribution in [3.05, 3.63) is 34.3 Å². The zero-order valence-electron chi connectivity index (χ0n) is 9.39. The summed E-state index contributed by atoms with van der Waals surface area (Å²) in [5.41, 5.74) is 1.58. The number of carbonyl (C=O) groups excluding carboxylic acids is 1. The largest absolute Gasteiger partial charge is 0.348 e. The zero-order valence-corrected chi connectivity index (χ0v) is 11.7. The van der Waals surface area contributed by atoms with E-state index in [0.29, 0.717) is 10.6 Å². The number of amides is 1. The van der Waals surface area contributed by atoms with E-state index in [4.69, 9.17) is 11.6 Å². The maximum atomic E-state index is 11.9. The average Bonchev–Trinajstić information content (AvgIpc) is 2.25. The van der Waals surface area contributed by atoms with E-state index < -0.39 is 0 Å². The molecule has 0 spiro atoms. The Kier molecular flexibility index (Phi) is 5.29. The lowest BCUT2D eigenvalue weighted by Crippen LogP contribution is -2.35. The molecule has 2 nitrogen and oxygen atoms in total. The number of halogens is 2. The Morgan fingerprint density at radius 3 is 2.75 bits per heavy atom. The van der Waals surface area contributed by atoms with Crippen LogP contribution >= 0.6 is 27.5 Å². The minimum Gasteiger partial charge on any atom is -0.348 e. The summed E-state index contributed by atoms with van der Waals surface area (Å²) in [5.74, 6) is -0.115. The predicted molar refractivity (Wildman–Crippen MR) is 71.5 cm³/mol. The molecular weight excluding hydrogens is 289 g/mol. The van der Waals surface area contributed by atoms with Gasteiger partial charge in [0, 0.05) is 11.4 Å². The molecule has 1 atom stereocenters. The molecule has 1 unspecified atom stereocenters. The number of hydrogen-bond donors (Lipinski definition) is 1. The lowest BCUT2D eigenvalue weighted by atomic mass is 10.1. The molecule has 0 aliphatic heterocycles. The molecule has 88 valence electrons. The predicted octanol–water partition coefficient (Wildman–Crippen LogP) is 3.55. The van der Waals surface area contributed by atoms with Crippen LogP contribution in [0.5, 0.6) is 0 Å². The standard InChI is InChI=1S/C12H15BrClNO/c1-3-9(7-13)15-12(16)10-5-4-8(2)6-11(10)14/h4-6,9H,3,7H2,1-2H3,(H,15,16). The Morgan fingerprint density at radius 2 is 2.25 bits per heavy atom. The van der Waals surface area contributed by atoms with E-state index in [-0.39, 0.29) is 11.9 Å². The highest BCUT2D eigenvalue weighted by molar-refractivity contribution is 9.09. The van der Waals surface area contributed by atoms with Crippen molar-refractivity contribution in [1.29, 1.82) is 0 Å². The molecule has 1 aromatic carbocycles. The van der Waals surface area contributed by atoms with Gasteiger partial charge >= 0.3 is 0 Å². The van der Waals surface area contributed by atoms with Gasteiger partial charge in [0.25, 0.3) is 5.91 Å². The molecule has 0 saturated heterocycles. The normalized spacial score (nSPS) is 12.2. The molecule has 0 bridgehead atoms. The molecular formula is C12H15BrClNO. The van der Waals surface area contributed by atoms with Gasteiger partial charge in [0.1, 0.15) is 0 Å². The quantitative estimate of drug-likeness (QED) is 0.847. The summed E-state index contributed by atoms with van der Waals surface area (Å²) in [5, 5.41) is 4.17. The molecule has 16 heavy (non-hydrogen) atoms. The fourth-order valence-corrected chi connectivity index (χ4v) is 2.26. The molecule has 0 aliphatic rings. The van der Waals surface area contributed by atoms with E-state index in [9.17, 15) is 4.79 Å². The van der Waals surface area contributed by atoms with Crippen LogP contribution in [0.25, 0.3) is 0 Å². The van der Waals surface area contributed by atoms with Gasteiger partial charge in [0.05, 0.1) is 10.6 Å². The number of aryl methyl sites for hydroxylation is 1. The fraction of sp³-hybridized carbons (Fsp3) is 0.417. The van der Waals surface area contributed by atoms with Gasteiger partial charge in [-0.3, -0.25) is 4.79 Å². The monoisotopic (exact) mass is 303 g/mol. The number of alkyl halides is 1. The molecule has 0 aliphatic carbocycles. The summed E-state index contributed by atoms with van der Waals surface area (Å²) < 4.78 is 0. The molecule has 1 N–H and O–H groups in total. The van der Waals surface area contributed by atoms with Crippen molar-refractivity contribution >= 4 is 33.4 Å². The van der Waals surface area contributed by atoms with E-state index in [1.54, 1.807) is 12.1 Å². The molecule has 1 rings (SSSR count). The first kappa shape index (κ1) is 13.5. The van der Waals surface area contributed by atoms with Crippen LogP contribution in [0.2, 0.25) is 5.02 Å². The minimum atomic E-state index is -0.115. The number of rotatable bonds is 4. The SMILES string of the molecule is CCC(CBr)NC(=O)c1ccc(C)cc1Cl. The van der Waals surface area contributed by atoms with E-state index in [2.05, 4.69) is 21.2 Å². The first-order chi connectivity index (χ1) is 7.58. The Balaban J connectivity index is 2.80. The lowest BCUT2D eigenvalue weighted by Gasteiger charge is -2.14. The number of benzene rings is 1. The Morgan fingerprint density at radius 1 is 1.56 bits per heavy atom. The molecule has 0 saturated carbocycles. The molecule has 0 fully saturated rings. The second-order valence-corrected chi connectivity index (χ2v) is 4.77. The van der Waals surface area contributed by atoms with Gasteiger partial charge in [0.2, 0.25) is 0 Å². The van der Waals surface area contributed by atoms with Gasteiger partial charge in [0.15, 0.2) is 0 Å². The topological polar surface area (TPSA) is 29.1 Å². The van der Waals surface area contributed by atoms with Crippen molar-refractivity contribution < 1.29 is 4.79 Å². The third-order valence-electron chi connectivity index (χ3n) is 2.38. The van der Waals surface area contributed by atoms with Gasteiger partial charge in [-0.1, -0.05) is 40.5 Å². The highest BCUT2D eigenvalue weighted by Crippen LogP contribution is 2.17. The number of hydrogen-bond acceptors (Lipinski definition) is 1. The number of nitrogens with one attached hydrogen (secondary N) is 1. The number of carbonyl (C=O) groups is 1. The smallest absolute Gasteiger partial charge is 0.253 e. The van der Waals surface area contributed by atoms with Crippen LogP contribution < -0.4 is 5.32 Å². The first-order valence-electron chi connectivity index (χ1n) is 5.21. The van der Waals surface area contributed by atoms with Crippen molar-refractivity contribution in [3.63, 3.8) is 0 Å². The third-order valence-corrected chi connectivity index (χ3v) is 3.48. The summed E-state index contributed by atoms with van der Waals surface area (Å²) in [4.78, 5) is 11.9. The maximum absolute atomic E-state index is 11.9. The molecule has 0 radical (unpaired) electrons. The highest BCUT2D eigenvalue weighted by Gasteiger charge is 2.13. The van der Waals surface area contributed by atoms with Gasteiger partial charge in [-0.2, -0.15) is 0 Å². The van der Waals surface area contributed by atoms with Crippen LogP contribution in [0.3, 0.4) is 0 Å². The van der Waals surface area contributed by atoms with Crippen LogP contribution in [-0.2, 0) is 0 Å². The van der Waals surface area contributed by atoms with Crippen LogP contribution in [0, 0.1) is 6.92 Å². The van der Waals surface area contributed by atoms with Crippen LogP contribution in [0.1, 0.15) is 29.3 Å². The van der Waals surface area contributed by atoms with Crippen molar-refractivity contribution in [2.24, 2.45) is 0 Å². The lowest BCUT2D eigenvalue weighted by molar-refractivity contribution is 0.0940. The van der Waals surface area contributed by atoms with E-state index in [0.717, 1.165) is 17.3 Å². The Labute approximate surface area is 110 Å². The van der Waals surface area contributed by atoms with Crippen LogP contribution in [0.15, 0.2) is 18.2 Å². The molecule has 1 aromatic rings. The fourth-order valence-electron chi connectivity index (χ4n) is 1.32. The Hall–Kier alpha value is -0.540. The van der Waals surface area contributed by atoms with Gasteiger partial charge in [-0.05, 0) is 31.0 Å². The average molecular weight is 305 g/mol. The molecule has 0 heterocycles. The van der Waals surface area contributed by atoms with E-state index in [1.165, 1.54) is 0 Å². The van der Waals surface area contributed by atoms with Crippen molar-refractivity contribution in [2.75, 3.05) is 5.33 Å². The van der Waals surface area contributed by atoms with Crippen LogP contribution in [-0.4, -0.2) is 17.3 Å². The van der Waals surface area contributed by atoms with Crippen molar-refractivity contribution in [1.82, 2.24) is 5.32 Å². The summed E-state index contributed by atoms with van der Waals surface area (Å²) in [7, 11) is 0.